The van der Waals surface area contributed by atoms with Crippen molar-refractivity contribution in [3.05, 3.63) is 77.0 Å². The summed E-state index contributed by atoms with van der Waals surface area (Å²) in [4.78, 5) is 11.1. The second kappa shape index (κ2) is 7.02. The fourth-order valence-electron chi connectivity index (χ4n) is 2.07. The summed E-state index contributed by atoms with van der Waals surface area (Å²) in [6.45, 7) is 0. The van der Waals surface area contributed by atoms with Gasteiger partial charge in [0.25, 0.3) is 0 Å². The average Bonchev–Trinajstić information content (AvgIpc) is 3.06. The van der Waals surface area contributed by atoms with Gasteiger partial charge in [-0.1, -0.05) is 23.7 Å². The molecule has 0 saturated heterocycles. The molecule has 0 atom stereocenters. The number of hydrogen-bond acceptors (Lipinski definition) is 4. The summed E-state index contributed by atoms with van der Waals surface area (Å²) in [5.41, 5.74) is 10.2. The van der Waals surface area contributed by atoms with Crippen molar-refractivity contribution in [3.63, 3.8) is 0 Å². The molecule has 0 aliphatic carbocycles. The van der Waals surface area contributed by atoms with Gasteiger partial charge in [-0.05, 0) is 48.5 Å². The zero-order valence-corrected chi connectivity index (χ0v) is 13.3. The van der Waals surface area contributed by atoms with Gasteiger partial charge in [-0.15, -0.1) is 0 Å². The number of rotatable bonds is 5. The summed E-state index contributed by atoms with van der Waals surface area (Å²) in [7, 11) is 0. The Labute approximate surface area is 143 Å². The maximum atomic E-state index is 11.1. The smallest absolute Gasteiger partial charge is 0.248 e. The summed E-state index contributed by atoms with van der Waals surface area (Å²) in [5, 5.41) is 4.78. The van der Waals surface area contributed by atoms with E-state index in [1.807, 2.05) is 24.3 Å². The highest BCUT2D eigenvalue weighted by Crippen LogP contribution is 2.22. The molecule has 5 nitrogen and oxygen atoms in total. The van der Waals surface area contributed by atoms with Crippen LogP contribution < -0.4 is 11.2 Å². The first kappa shape index (κ1) is 15.8. The topological polar surface area (TPSA) is 80.6 Å². The van der Waals surface area contributed by atoms with E-state index in [2.05, 4.69) is 10.5 Å². The molecule has 1 aromatic heterocycles. The quantitative estimate of drug-likeness (QED) is 0.541. The van der Waals surface area contributed by atoms with E-state index in [9.17, 15) is 4.79 Å². The Balaban J connectivity index is 1.67. The molecule has 0 radical (unpaired) electrons. The van der Waals surface area contributed by atoms with Crippen LogP contribution in [0.5, 0.6) is 0 Å². The van der Waals surface area contributed by atoms with Gasteiger partial charge in [-0.25, -0.2) is 0 Å². The fourth-order valence-corrected chi connectivity index (χ4v) is 2.20. The second-order valence-electron chi connectivity index (χ2n) is 5.02. The Hall–Kier alpha value is -3.05. The van der Waals surface area contributed by atoms with E-state index in [0.29, 0.717) is 22.1 Å². The lowest BCUT2D eigenvalue weighted by molar-refractivity contribution is 0.100. The standard InChI is InChI=1S/C18H14ClN3O2/c19-14-5-7-15(8-6-14)22-21-11-16-9-10-17(24-16)12-1-3-13(4-2-12)18(20)23/h1-11,22H,(H2,20,23). The highest BCUT2D eigenvalue weighted by atomic mass is 35.5. The highest BCUT2D eigenvalue weighted by Gasteiger charge is 2.05. The SMILES string of the molecule is NC(=O)c1ccc(-c2ccc(C=NNc3ccc(Cl)cc3)o2)cc1. The molecule has 1 amide bonds. The molecule has 2 aromatic carbocycles. The normalized spacial score (nSPS) is 10.9. The number of nitrogens with one attached hydrogen (secondary N) is 1. The average molecular weight is 340 g/mol. The lowest BCUT2D eigenvalue weighted by Gasteiger charge is -1.99. The Kier molecular flexibility index (Phi) is 4.63. The highest BCUT2D eigenvalue weighted by molar-refractivity contribution is 6.30. The number of halogens is 1. The number of furan rings is 1. The first-order valence-corrected chi connectivity index (χ1v) is 7.54. The molecule has 3 rings (SSSR count). The van der Waals surface area contributed by atoms with Crippen molar-refractivity contribution in [3.8, 4) is 11.3 Å². The molecular formula is C18H14ClN3O2. The van der Waals surface area contributed by atoms with Crippen molar-refractivity contribution >= 4 is 29.4 Å². The second-order valence-corrected chi connectivity index (χ2v) is 5.46. The van der Waals surface area contributed by atoms with Crippen molar-refractivity contribution in [1.29, 1.82) is 0 Å². The third-order valence-electron chi connectivity index (χ3n) is 3.31. The molecule has 3 aromatic rings. The molecule has 120 valence electrons. The minimum Gasteiger partial charge on any atom is -0.455 e. The molecule has 6 heteroatoms. The minimum atomic E-state index is -0.456. The van der Waals surface area contributed by atoms with Gasteiger partial charge in [0.2, 0.25) is 5.91 Å². The monoisotopic (exact) mass is 339 g/mol. The van der Waals surface area contributed by atoms with Crippen LogP contribution in [-0.2, 0) is 0 Å². The van der Waals surface area contributed by atoms with E-state index in [4.69, 9.17) is 21.8 Å². The number of carbonyl (C=O) groups excluding carboxylic acids is 1. The van der Waals surface area contributed by atoms with E-state index in [1.54, 1.807) is 42.6 Å². The Morgan fingerprint density at radius 2 is 1.75 bits per heavy atom. The minimum absolute atomic E-state index is 0.456. The number of carbonyl (C=O) groups is 1. The summed E-state index contributed by atoms with van der Waals surface area (Å²) in [5.74, 6) is 0.825. The van der Waals surface area contributed by atoms with Gasteiger partial charge in [0.1, 0.15) is 11.5 Å². The van der Waals surface area contributed by atoms with Crippen molar-refractivity contribution in [2.45, 2.75) is 0 Å². The van der Waals surface area contributed by atoms with Gasteiger partial charge >= 0.3 is 0 Å². The third kappa shape index (κ3) is 3.83. The lowest BCUT2D eigenvalue weighted by atomic mass is 10.1. The Morgan fingerprint density at radius 3 is 2.42 bits per heavy atom. The number of amides is 1. The lowest BCUT2D eigenvalue weighted by Crippen LogP contribution is -2.10. The van der Waals surface area contributed by atoms with Crippen molar-refractivity contribution in [1.82, 2.24) is 0 Å². The molecule has 0 aliphatic rings. The molecular weight excluding hydrogens is 326 g/mol. The molecule has 0 fully saturated rings. The van der Waals surface area contributed by atoms with E-state index in [0.717, 1.165) is 11.3 Å². The number of nitrogens with zero attached hydrogens (tertiary/aromatic N) is 1. The van der Waals surface area contributed by atoms with Crippen molar-refractivity contribution in [2.24, 2.45) is 10.8 Å². The summed E-state index contributed by atoms with van der Waals surface area (Å²) < 4.78 is 5.70. The molecule has 0 unspecified atom stereocenters. The summed E-state index contributed by atoms with van der Waals surface area (Å²) >= 11 is 5.82. The molecule has 0 bridgehead atoms. The molecule has 0 saturated carbocycles. The largest absolute Gasteiger partial charge is 0.455 e. The Bertz CT molecular complexity index is 868. The summed E-state index contributed by atoms with van der Waals surface area (Å²) in [6, 6.07) is 17.7. The van der Waals surface area contributed by atoms with Crippen LogP contribution in [0.3, 0.4) is 0 Å². The number of hydrazone groups is 1. The van der Waals surface area contributed by atoms with Gasteiger partial charge in [0, 0.05) is 16.1 Å². The maximum absolute atomic E-state index is 11.1. The van der Waals surface area contributed by atoms with Crippen LogP contribution in [0.1, 0.15) is 16.1 Å². The van der Waals surface area contributed by atoms with Crippen LogP contribution in [-0.4, -0.2) is 12.1 Å². The predicted octanol–water partition coefficient (Wildman–Crippen LogP) is 4.14. The van der Waals surface area contributed by atoms with E-state index in [1.165, 1.54) is 0 Å². The van der Waals surface area contributed by atoms with Crippen LogP contribution in [0, 0.1) is 0 Å². The maximum Gasteiger partial charge on any atom is 0.248 e. The van der Waals surface area contributed by atoms with Gasteiger partial charge < -0.3 is 10.2 Å². The number of hydrogen-bond donors (Lipinski definition) is 2. The molecule has 3 N–H and O–H groups in total. The number of nitrogens with two attached hydrogens (primary N) is 1. The molecule has 0 spiro atoms. The van der Waals surface area contributed by atoms with Gasteiger partial charge in [-0.2, -0.15) is 5.10 Å². The van der Waals surface area contributed by atoms with Crippen LogP contribution in [0.15, 0.2) is 70.2 Å². The third-order valence-corrected chi connectivity index (χ3v) is 3.56. The van der Waals surface area contributed by atoms with E-state index in [-0.39, 0.29) is 0 Å². The van der Waals surface area contributed by atoms with Gasteiger partial charge in [0.05, 0.1) is 11.9 Å². The van der Waals surface area contributed by atoms with Crippen LogP contribution in [0.4, 0.5) is 5.69 Å². The summed E-state index contributed by atoms with van der Waals surface area (Å²) in [6.07, 6.45) is 1.58. The molecule has 24 heavy (non-hydrogen) atoms. The van der Waals surface area contributed by atoms with Gasteiger partial charge in [-0.3, -0.25) is 10.2 Å². The van der Waals surface area contributed by atoms with Crippen LogP contribution >= 0.6 is 11.6 Å². The van der Waals surface area contributed by atoms with Gasteiger partial charge in [0.15, 0.2) is 0 Å². The number of primary amides is 1. The fraction of sp³-hybridized carbons (Fsp3) is 0. The molecule has 1 heterocycles. The zero-order chi connectivity index (χ0) is 16.9. The van der Waals surface area contributed by atoms with E-state index < -0.39 is 5.91 Å². The zero-order valence-electron chi connectivity index (χ0n) is 12.6. The van der Waals surface area contributed by atoms with Crippen LogP contribution in [0.2, 0.25) is 5.02 Å². The first-order valence-electron chi connectivity index (χ1n) is 7.16. The Morgan fingerprint density at radius 1 is 1.04 bits per heavy atom. The van der Waals surface area contributed by atoms with E-state index >= 15 is 0 Å². The predicted molar refractivity (Wildman–Crippen MR) is 95.3 cm³/mol. The van der Waals surface area contributed by atoms with Crippen molar-refractivity contribution < 1.29 is 9.21 Å². The van der Waals surface area contributed by atoms with Crippen LogP contribution in [0.25, 0.3) is 11.3 Å². The first-order chi connectivity index (χ1) is 11.6. The van der Waals surface area contributed by atoms with Crippen molar-refractivity contribution in [2.75, 3.05) is 5.43 Å². The number of anilines is 1. The number of benzene rings is 2. The molecule has 0 aliphatic heterocycles.